The molecule has 1 aliphatic heterocycles. The quantitative estimate of drug-likeness (QED) is 0.664. The first kappa shape index (κ1) is 20.2. The second kappa shape index (κ2) is 9.14. The molecule has 0 atom stereocenters. The summed E-state index contributed by atoms with van der Waals surface area (Å²) in [5.41, 5.74) is 6.84. The lowest BCUT2D eigenvalue weighted by Gasteiger charge is -2.37. The van der Waals surface area contributed by atoms with Gasteiger partial charge in [0.25, 0.3) is 5.91 Å². The summed E-state index contributed by atoms with van der Waals surface area (Å²) in [5.74, 6) is -0.0742. The molecule has 0 saturated carbocycles. The molecular weight excluding hydrogens is 370 g/mol. The monoisotopic (exact) mass is 399 g/mol. The fourth-order valence-corrected chi connectivity index (χ4v) is 3.97. The predicted octanol–water partition coefficient (Wildman–Crippen LogP) is 4.88. The van der Waals surface area contributed by atoms with Crippen LogP contribution in [0.15, 0.2) is 72.8 Å². The highest BCUT2D eigenvalue weighted by molar-refractivity contribution is 6.04. The average Bonchev–Trinajstić information content (AvgIpc) is 2.77. The number of para-hydroxylation sites is 1. The summed E-state index contributed by atoms with van der Waals surface area (Å²) < 4.78 is 0. The fourth-order valence-electron chi connectivity index (χ4n) is 3.97. The molecule has 154 valence electrons. The third-order valence-corrected chi connectivity index (χ3v) is 5.94. The number of aryl methyl sites for hydroxylation is 1. The Kier molecular flexibility index (Phi) is 6.15. The minimum absolute atomic E-state index is 0.0742. The van der Waals surface area contributed by atoms with Crippen molar-refractivity contribution in [1.29, 1.82) is 0 Å². The standard InChI is InChI=1S/C26H29N3O/c1-20-7-6-10-25(21(20)2)29-17-15-28(16-18-29)19-22-11-13-23(14-12-22)26(30)27-24-8-4-3-5-9-24/h3-14H,15-19H2,1-2H3,(H,27,30). The van der Waals surface area contributed by atoms with Gasteiger partial charge in [0.15, 0.2) is 0 Å². The van der Waals surface area contributed by atoms with Gasteiger partial charge in [0.05, 0.1) is 0 Å². The van der Waals surface area contributed by atoms with Crippen LogP contribution in [0.25, 0.3) is 0 Å². The first-order chi connectivity index (χ1) is 14.6. The van der Waals surface area contributed by atoms with Crippen LogP contribution in [-0.4, -0.2) is 37.0 Å². The number of piperazine rings is 1. The first-order valence-corrected chi connectivity index (χ1v) is 10.6. The molecule has 0 aliphatic carbocycles. The van der Waals surface area contributed by atoms with E-state index in [4.69, 9.17) is 0 Å². The van der Waals surface area contributed by atoms with Crippen LogP contribution < -0.4 is 10.2 Å². The van der Waals surface area contributed by atoms with Crippen LogP contribution in [0.3, 0.4) is 0 Å². The van der Waals surface area contributed by atoms with Gasteiger partial charge in [0.1, 0.15) is 0 Å². The van der Waals surface area contributed by atoms with Crippen molar-refractivity contribution in [2.75, 3.05) is 36.4 Å². The summed E-state index contributed by atoms with van der Waals surface area (Å²) in [4.78, 5) is 17.4. The number of rotatable bonds is 5. The number of carbonyl (C=O) groups is 1. The molecule has 1 saturated heterocycles. The Labute approximate surface area is 179 Å². The second-order valence-electron chi connectivity index (χ2n) is 8.00. The maximum atomic E-state index is 12.4. The molecule has 1 N–H and O–H groups in total. The van der Waals surface area contributed by atoms with Gasteiger partial charge in [-0.25, -0.2) is 0 Å². The molecule has 4 heteroatoms. The maximum absolute atomic E-state index is 12.4. The predicted molar refractivity (Wildman–Crippen MR) is 124 cm³/mol. The Morgan fingerprint density at radius 2 is 1.53 bits per heavy atom. The number of anilines is 2. The van der Waals surface area contributed by atoms with Crippen LogP contribution in [-0.2, 0) is 6.54 Å². The van der Waals surface area contributed by atoms with Gasteiger partial charge in [-0.15, -0.1) is 0 Å². The summed E-state index contributed by atoms with van der Waals surface area (Å²) in [6.45, 7) is 9.49. The number of nitrogens with zero attached hydrogens (tertiary/aromatic N) is 2. The SMILES string of the molecule is Cc1cccc(N2CCN(Cc3ccc(C(=O)Nc4ccccc4)cc3)CC2)c1C. The zero-order chi connectivity index (χ0) is 20.9. The van der Waals surface area contributed by atoms with Crippen molar-refractivity contribution >= 4 is 17.3 Å². The fraction of sp³-hybridized carbons (Fsp3) is 0.269. The lowest BCUT2D eigenvalue weighted by Crippen LogP contribution is -2.46. The highest BCUT2D eigenvalue weighted by Crippen LogP contribution is 2.24. The molecule has 3 aromatic rings. The zero-order valence-electron chi connectivity index (χ0n) is 17.8. The van der Waals surface area contributed by atoms with E-state index < -0.39 is 0 Å². The van der Waals surface area contributed by atoms with Crippen molar-refractivity contribution in [3.05, 3.63) is 95.1 Å². The van der Waals surface area contributed by atoms with E-state index in [2.05, 4.69) is 59.3 Å². The lowest BCUT2D eigenvalue weighted by molar-refractivity contribution is 0.102. The van der Waals surface area contributed by atoms with E-state index in [1.165, 1.54) is 22.4 Å². The normalized spacial score (nSPS) is 14.5. The van der Waals surface area contributed by atoms with Crippen molar-refractivity contribution in [3.63, 3.8) is 0 Å². The smallest absolute Gasteiger partial charge is 0.255 e. The van der Waals surface area contributed by atoms with E-state index in [9.17, 15) is 4.79 Å². The molecule has 4 nitrogen and oxygen atoms in total. The molecule has 0 radical (unpaired) electrons. The molecule has 1 amide bonds. The number of hydrogen-bond acceptors (Lipinski definition) is 3. The van der Waals surface area contributed by atoms with Gasteiger partial charge >= 0.3 is 0 Å². The molecule has 0 spiro atoms. The van der Waals surface area contributed by atoms with Gasteiger partial charge in [-0.05, 0) is 60.9 Å². The number of nitrogens with one attached hydrogen (secondary N) is 1. The van der Waals surface area contributed by atoms with Crippen LogP contribution in [0.1, 0.15) is 27.0 Å². The average molecular weight is 400 g/mol. The molecule has 0 aromatic heterocycles. The zero-order valence-corrected chi connectivity index (χ0v) is 17.8. The third kappa shape index (κ3) is 4.71. The van der Waals surface area contributed by atoms with Gasteiger partial charge in [0, 0.05) is 49.7 Å². The van der Waals surface area contributed by atoms with E-state index >= 15 is 0 Å². The van der Waals surface area contributed by atoms with Crippen molar-refractivity contribution < 1.29 is 4.79 Å². The van der Waals surface area contributed by atoms with Crippen LogP contribution in [0.4, 0.5) is 11.4 Å². The Morgan fingerprint density at radius 3 is 2.23 bits per heavy atom. The summed E-state index contributed by atoms with van der Waals surface area (Å²) in [6, 6.07) is 24.1. The molecule has 4 rings (SSSR count). The van der Waals surface area contributed by atoms with Crippen molar-refractivity contribution in [2.24, 2.45) is 0 Å². The number of benzene rings is 3. The molecule has 1 aliphatic rings. The van der Waals surface area contributed by atoms with Gasteiger partial charge in [-0.3, -0.25) is 9.69 Å². The van der Waals surface area contributed by atoms with Crippen LogP contribution in [0.5, 0.6) is 0 Å². The maximum Gasteiger partial charge on any atom is 0.255 e. The van der Waals surface area contributed by atoms with Crippen molar-refractivity contribution in [3.8, 4) is 0 Å². The molecule has 3 aromatic carbocycles. The number of amides is 1. The summed E-state index contributed by atoms with van der Waals surface area (Å²) in [7, 11) is 0. The van der Waals surface area contributed by atoms with Crippen LogP contribution >= 0.6 is 0 Å². The highest BCUT2D eigenvalue weighted by atomic mass is 16.1. The molecule has 30 heavy (non-hydrogen) atoms. The first-order valence-electron chi connectivity index (χ1n) is 10.6. The second-order valence-corrected chi connectivity index (χ2v) is 8.00. The van der Waals surface area contributed by atoms with E-state index in [-0.39, 0.29) is 5.91 Å². The molecular formula is C26H29N3O. The summed E-state index contributed by atoms with van der Waals surface area (Å²) >= 11 is 0. The molecule has 1 fully saturated rings. The third-order valence-electron chi connectivity index (χ3n) is 5.94. The Bertz CT molecular complexity index is 991. The van der Waals surface area contributed by atoms with Crippen LogP contribution in [0.2, 0.25) is 0 Å². The van der Waals surface area contributed by atoms with Crippen LogP contribution in [0, 0.1) is 13.8 Å². The topological polar surface area (TPSA) is 35.6 Å². The van der Waals surface area contributed by atoms with E-state index in [0.29, 0.717) is 5.56 Å². The van der Waals surface area contributed by atoms with E-state index in [1.54, 1.807) is 0 Å². The highest BCUT2D eigenvalue weighted by Gasteiger charge is 2.19. The largest absolute Gasteiger partial charge is 0.369 e. The lowest BCUT2D eigenvalue weighted by atomic mass is 10.1. The van der Waals surface area contributed by atoms with E-state index in [0.717, 1.165) is 38.4 Å². The molecule has 1 heterocycles. The Morgan fingerprint density at radius 1 is 0.833 bits per heavy atom. The van der Waals surface area contributed by atoms with E-state index in [1.807, 2.05) is 42.5 Å². The van der Waals surface area contributed by atoms with Gasteiger partial charge in [0.2, 0.25) is 0 Å². The molecule has 0 unspecified atom stereocenters. The van der Waals surface area contributed by atoms with Gasteiger partial charge in [-0.1, -0.05) is 42.5 Å². The summed E-state index contributed by atoms with van der Waals surface area (Å²) in [5, 5.41) is 2.93. The number of hydrogen-bond donors (Lipinski definition) is 1. The number of carbonyl (C=O) groups excluding carboxylic acids is 1. The Hall–Kier alpha value is -3.11. The summed E-state index contributed by atoms with van der Waals surface area (Å²) in [6.07, 6.45) is 0. The Balaban J connectivity index is 1.31. The van der Waals surface area contributed by atoms with Crippen molar-refractivity contribution in [2.45, 2.75) is 20.4 Å². The molecule has 0 bridgehead atoms. The minimum atomic E-state index is -0.0742. The minimum Gasteiger partial charge on any atom is -0.369 e. The van der Waals surface area contributed by atoms with Gasteiger partial charge < -0.3 is 10.2 Å². The van der Waals surface area contributed by atoms with Gasteiger partial charge in [-0.2, -0.15) is 0 Å². The van der Waals surface area contributed by atoms with Crippen molar-refractivity contribution in [1.82, 2.24) is 4.90 Å².